The lowest BCUT2D eigenvalue weighted by Gasteiger charge is -2.33. The Kier molecular flexibility index (Phi) is 5.36. The molecule has 0 amide bonds. The third-order valence-electron chi connectivity index (χ3n) is 4.83. The van der Waals surface area contributed by atoms with E-state index in [1.165, 1.54) is 37.7 Å². The minimum absolute atomic E-state index is 0.479. The summed E-state index contributed by atoms with van der Waals surface area (Å²) in [6, 6.07) is 6.25. The Morgan fingerprint density at radius 2 is 1.80 bits per heavy atom. The topological polar surface area (TPSA) is 18.5 Å². The van der Waals surface area contributed by atoms with Gasteiger partial charge in [0.25, 0.3) is 0 Å². The van der Waals surface area contributed by atoms with Crippen molar-refractivity contribution in [2.24, 2.45) is 5.41 Å². The Balaban J connectivity index is 2.13. The van der Waals surface area contributed by atoms with Crippen LogP contribution >= 0.6 is 15.9 Å². The molecule has 2 rings (SSSR count). The number of alkyl halides is 1. The standard InChI is InChI=1S/C17H25BrO2/c1-4-17(9-5-6-10-17)16(18)12-13-7-8-14(19-2)15(11-13)20-3/h7-8,11,16H,4-6,9-10,12H2,1-3H3. The second-order valence-electron chi connectivity index (χ2n) is 5.78. The lowest BCUT2D eigenvalue weighted by atomic mass is 9.78. The maximum Gasteiger partial charge on any atom is 0.160 e. The molecule has 0 heterocycles. The van der Waals surface area contributed by atoms with Crippen molar-refractivity contribution in [1.82, 2.24) is 0 Å². The first-order chi connectivity index (χ1) is 9.65. The average Bonchev–Trinajstić information content (AvgIpc) is 2.97. The minimum atomic E-state index is 0.479. The summed E-state index contributed by atoms with van der Waals surface area (Å²) >= 11 is 3.97. The Labute approximate surface area is 131 Å². The number of benzene rings is 1. The van der Waals surface area contributed by atoms with E-state index in [0.717, 1.165) is 17.9 Å². The van der Waals surface area contributed by atoms with Crippen molar-refractivity contribution in [3.05, 3.63) is 23.8 Å². The molecule has 1 aliphatic rings. The third-order valence-corrected chi connectivity index (χ3v) is 6.13. The third kappa shape index (κ3) is 3.13. The zero-order valence-corrected chi connectivity index (χ0v) is 14.3. The van der Waals surface area contributed by atoms with Gasteiger partial charge in [-0.25, -0.2) is 0 Å². The summed E-state index contributed by atoms with van der Waals surface area (Å²) in [6.07, 6.45) is 7.77. The SMILES string of the molecule is CCC1(C(Br)Cc2ccc(OC)c(OC)c2)CCCC1. The molecule has 112 valence electrons. The van der Waals surface area contributed by atoms with Crippen LogP contribution in [0.5, 0.6) is 11.5 Å². The van der Waals surface area contributed by atoms with Gasteiger partial charge < -0.3 is 9.47 Å². The molecule has 0 aromatic heterocycles. The van der Waals surface area contributed by atoms with Crippen molar-refractivity contribution in [1.29, 1.82) is 0 Å². The molecule has 0 N–H and O–H groups in total. The van der Waals surface area contributed by atoms with Gasteiger partial charge in [-0.15, -0.1) is 0 Å². The zero-order valence-electron chi connectivity index (χ0n) is 12.7. The van der Waals surface area contributed by atoms with Crippen molar-refractivity contribution >= 4 is 15.9 Å². The largest absolute Gasteiger partial charge is 0.493 e. The molecule has 2 nitrogen and oxygen atoms in total. The molecule has 3 heteroatoms. The maximum atomic E-state index is 5.40. The van der Waals surface area contributed by atoms with Gasteiger partial charge in [0.1, 0.15) is 0 Å². The van der Waals surface area contributed by atoms with Gasteiger partial charge in [0.2, 0.25) is 0 Å². The molecule has 1 atom stereocenters. The van der Waals surface area contributed by atoms with Crippen LogP contribution in [-0.2, 0) is 6.42 Å². The fourth-order valence-corrected chi connectivity index (χ4v) is 4.55. The van der Waals surface area contributed by atoms with Crippen LogP contribution in [0.15, 0.2) is 18.2 Å². The van der Waals surface area contributed by atoms with E-state index in [1.807, 2.05) is 6.07 Å². The summed E-state index contributed by atoms with van der Waals surface area (Å²) < 4.78 is 10.7. The number of hydrogen-bond acceptors (Lipinski definition) is 2. The van der Waals surface area contributed by atoms with E-state index < -0.39 is 0 Å². The van der Waals surface area contributed by atoms with Crippen LogP contribution in [0.1, 0.15) is 44.6 Å². The Bertz CT molecular complexity index is 439. The molecule has 1 aromatic carbocycles. The summed E-state index contributed by atoms with van der Waals surface area (Å²) in [7, 11) is 3.37. The smallest absolute Gasteiger partial charge is 0.160 e. The van der Waals surface area contributed by atoms with Gasteiger partial charge in [-0.05, 0) is 48.8 Å². The second kappa shape index (κ2) is 6.84. The molecule has 20 heavy (non-hydrogen) atoms. The van der Waals surface area contributed by atoms with Crippen molar-refractivity contribution in [3.8, 4) is 11.5 Å². The molecular weight excluding hydrogens is 316 g/mol. The van der Waals surface area contributed by atoms with Crippen molar-refractivity contribution < 1.29 is 9.47 Å². The lowest BCUT2D eigenvalue weighted by Crippen LogP contribution is -2.29. The van der Waals surface area contributed by atoms with Gasteiger partial charge in [0.15, 0.2) is 11.5 Å². The van der Waals surface area contributed by atoms with E-state index in [-0.39, 0.29) is 0 Å². The van der Waals surface area contributed by atoms with Crippen LogP contribution in [0, 0.1) is 5.41 Å². The summed E-state index contributed by atoms with van der Waals surface area (Å²) in [5.41, 5.74) is 1.79. The van der Waals surface area contributed by atoms with Gasteiger partial charge >= 0.3 is 0 Å². The second-order valence-corrected chi connectivity index (χ2v) is 6.89. The molecule has 0 radical (unpaired) electrons. The van der Waals surface area contributed by atoms with Crippen molar-refractivity contribution in [2.75, 3.05) is 14.2 Å². The van der Waals surface area contributed by atoms with Crippen LogP contribution in [0.4, 0.5) is 0 Å². The lowest BCUT2D eigenvalue weighted by molar-refractivity contribution is 0.275. The fraction of sp³-hybridized carbons (Fsp3) is 0.647. The van der Waals surface area contributed by atoms with Gasteiger partial charge in [0.05, 0.1) is 14.2 Å². The maximum absolute atomic E-state index is 5.40. The number of hydrogen-bond donors (Lipinski definition) is 0. The highest BCUT2D eigenvalue weighted by molar-refractivity contribution is 9.09. The highest BCUT2D eigenvalue weighted by Crippen LogP contribution is 2.47. The predicted molar refractivity (Wildman–Crippen MR) is 87.2 cm³/mol. The first kappa shape index (κ1) is 15.7. The molecule has 0 bridgehead atoms. The van der Waals surface area contributed by atoms with E-state index in [2.05, 4.69) is 35.0 Å². The molecular formula is C17H25BrO2. The van der Waals surface area contributed by atoms with E-state index in [0.29, 0.717) is 10.2 Å². The first-order valence-electron chi connectivity index (χ1n) is 7.50. The number of methoxy groups -OCH3 is 2. The zero-order chi connectivity index (χ0) is 14.6. The Morgan fingerprint density at radius 3 is 2.35 bits per heavy atom. The monoisotopic (exact) mass is 340 g/mol. The van der Waals surface area contributed by atoms with Crippen molar-refractivity contribution in [2.45, 2.75) is 50.3 Å². The van der Waals surface area contributed by atoms with Crippen molar-refractivity contribution in [3.63, 3.8) is 0 Å². The average molecular weight is 341 g/mol. The summed E-state index contributed by atoms with van der Waals surface area (Å²) in [4.78, 5) is 0.542. The van der Waals surface area contributed by atoms with Crippen LogP contribution in [0.2, 0.25) is 0 Å². The molecule has 0 saturated heterocycles. The van der Waals surface area contributed by atoms with E-state index in [1.54, 1.807) is 14.2 Å². The van der Waals surface area contributed by atoms with Crippen LogP contribution in [-0.4, -0.2) is 19.0 Å². The predicted octanol–water partition coefficient (Wildman–Crippen LogP) is 4.98. The van der Waals surface area contributed by atoms with Gasteiger partial charge in [-0.1, -0.05) is 41.8 Å². The van der Waals surface area contributed by atoms with Crippen LogP contribution < -0.4 is 9.47 Å². The van der Waals surface area contributed by atoms with Gasteiger partial charge in [-0.2, -0.15) is 0 Å². The Hall–Kier alpha value is -0.700. The first-order valence-corrected chi connectivity index (χ1v) is 8.41. The Morgan fingerprint density at radius 1 is 1.15 bits per heavy atom. The molecule has 1 fully saturated rings. The van der Waals surface area contributed by atoms with Gasteiger partial charge in [0, 0.05) is 4.83 Å². The summed E-state index contributed by atoms with van der Waals surface area (Å²) in [6.45, 7) is 2.33. The molecule has 1 unspecified atom stereocenters. The highest BCUT2D eigenvalue weighted by Gasteiger charge is 2.38. The van der Waals surface area contributed by atoms with Gasteiger partial charge in [-0.3, -0.25) is 0 Å². The van der Waals surface area contributed by atoms with Crippen LogP contribution in [0.25, 0.3) is 0 Å². The van der Waals surface area contributed by atoms with E-state index in [4.69, 9.17) is 9.47 Å². The molecule has 1 saturated carbocycles. The summed E-state index contributed by atoms with van der Waals surface area (Å²) in [5.74, 6) is 1.62. The van der Waals surface area contributed by atoms with E-state index in [9.17, 15) is 0 Å². The number of ether oxygens (including phenoxy) is 2. The molecule has 0 aliphatic heterocycles. The highest BCUT2D eigenvalue weighted by atomic mass is 79.9. The molecule has 1 aliphatic carbocycles. The fourth-order valence-electron chi connectivity index (χ4n) is 3.40. The summed E-state index contributed by atoms with van der Waals surface area (Å²) in [5, 5.41) is 0. The normalized spacial score (nSPS) is 18.8. The molecule has 0 spiro atoms. The van der Waals surface area contributed by atoms with Crippen LogP contribution in [0.3, 0.4) is 0 Å². The number of halogens is 1. The number of rotatable bonds is 6. The van der Waals surface area contributed by atoms with E-state index >= 15 is 0 Å². The quantitative estimate of drug-likeness (QED) is 0.680. The minimum Gasteiger partial charge on any atom is -0.493 e. The molecule has 1 aromatic rings.